The van der Waals surface area contributed by atoms with Crippen molar-refractivity contribution < 1.29 is 108 Å². The maximum absolute atomic E-state index is 8.93. The standard InChI is InChI=1S/3C2H2O4.4H2O.Pb.Zr/c3*3-1(4)2(5)6;;;;;;/h3*(H,3,4)(H,5,6);4*1H2;;/q;;;;;;;;+3/p-4. The maximum atomic E-state index is 8.93. The second kappa shape index (κ2) is 33.2. The quantitative estimate of drug-likeness (QED) is 0.136. The van der Waals surface area contributed by atoms with Gasteiger partial charge in [0.2, 0.25) is 0 Å². The molecule has 0 aliphatic rings. The van der Waals surface area contributed by atoms with Crippen molar-refractivity contribution in [2.75, 3.05) is 0 Å². The zero-order valence-corrected chi connectivity index (χ0v) is 17.4. The monoisotopic (exact) mass is 636 g/mol. The summed E-state index contributed by atoms with van der Waals surface area (Å²) in [7, 11) is 0. The topological polar surface area (TPSA) is 370 Å². The van der Waals surface area contributed by atoms with E-state index in [1.165, 1.54) is 0 Å². The van der Waals surface area contributed by atoms with Crippen molar-refractivity contribution in [1.82, 2.24) is 0 Å². The average molecular weight is 637 g/mol. The molecule has 0 aliphatic carbocycles. The van der Waals surface area contributed by atoms with Crippen LogP contribution in [-0.4, -0.2) is 74.1 Å². The Labute approximate surface area is 170 Å². The van der Waals surface area contributed by atoms with E-state index in [9.17, 15) is 0 Å². The van der Waals surface area contributed by atoms with Gasteiger partial charge in [0.1, 0.15) is 0 Å². The van der Waals surface area contributed by atoms with E-state index >= 15 is 0 Å². The van der Waals surface area contributed by atoms with Gasteiger partial charge in [-0.1, -0.05) is 0 Å². The Hall–Kier alpha value is -1.53. The first-order valence-corrected chi connectivity index (χ1v) is 3.20. The Balaban J connectivity index is -0.0000000179. The third-order valence-corrected chi connectivity index (χ3v) is 0.500. The van der Waals surface area contributed by atoms with E-state index in [-0.39, 0.29) is 75.4 Å². The summed E-state index contributed by atoms with van der Waals surface area (Å²) < 4.78 is 0. The molecule has 0 bridgehead atoms. The Morgan fingerprint density at radius 1 is 0.417 bits per heavy atom. The normalized spacial score (nSPS) is 5.50. The summed E-state index contributed by atoms with van der Waals surface area (Å²) in [5.41, 5.74) is 0. The summed E-state index contributed by atoms with van der Waals surface area (Å²) in [6.45, 7) is 0. The molecule has 5 radical (unpaired) electrons. The van der Waals surface area contributed by atoms with Crippen molar-refractivity contribution in [3.8, 4) is 0 Å². The third kappa shape index (κ3) is 70.8. The van der Waals surface area contributed by atoms with Crippen LogP contribution in [0.4, 0.5) is 0 Å². The Bertz CT molecular complexity index is 286. The second-order valence-electron chi connectivity index (χ2n) is 1.72. The van der Waals surface area contributed by atoms with Crippen molar-refractivity contribution in [3.05, 3.63) is 0 Å². The minimum absolute atomic E-state index is 0. The molecule has 16 nitrogen and oxygen atoms in total. The molecule has 0 amide bonds. The van der Waals surface area contributed by atoms with Crippen molar-refractivity contribution in [2.45, 2.75) is 0 Å². The van der Waals surface area contributed by atoms with Gasteiger partial charge >= 0.3 is 26.2 Å². The van der Waals surface area contributed by atoms with Crippen LogP contribution < -0.4 is 30.6 Å². The number of rotatable bonds is 0. The molecular weight excluding hydrogens is 626 g/mol. The van der Waals surface area contributed by atoms with Crippen molar-refractivity contribution >= 4 is 63.1 Å². The minimum atomic E-state index is -2.19. The van der Waals surface area contributed by atoms with Crippen molar-refractivity contribution in [2.24, 2.45) is 0 Å². The molecule has 0 fully saturated rings. The second-order valence-corrected chi connectivity index (χ2v) is 1.72. The average Bonchev–Trinajstić information content (AvgIpc) is 2.18. The molecule has 0 aliphatic heterocycles. The first kappa shape index (κ1) is 57.1. The zero-order chi connectivity index (χ0) is 15.5. The van der Waals surface area contributed by atoms with Crippen LogP contribution in [0.25, 0.3) is 0 Å². The molecule has 0 aromatic carbocycles. The first-order valence-electron chi connectivity index (χ1n) is 3.20. The number of hydrogen-bond acceptors (Lipinski definition) is 12. The fraction of sp³-hybridized carbons (Fsp3) is 0. The van der Waals surface area contributed by atoms with Gasteiger partial charge in [0, 0.05) is 27.3 Å². The summed E-state index contributed by atoms with van der Waals surface area (Å²) in [4.78, 5) is 53.6. The van der Waals surface area contributed by atoms with E-state index < -0.39 is 35.8 Å². The summed E-state index contributed by atoms with van der Waals surface area (Å²) in [6, 6.07) is 0. The summed E-state index contributed by atoms with van der Waals surface area (Å²) >= 11 is 0. The number of aliphatic carboxylic acids is 6. The molecule has 24 heavy (non-hydrogen) atoms. The number of carbonyl (C=O) groups is 6. The van der Waals surface area contributed by atoms with E-state index in [2.05, 4.69) is 0 Å². The van der Waals surface area contributed by atoms with Crippen LogP contribution in [0, 0.1) is 0 Å². The van der Waals surface area contributed by atoms with Crippen molar-refractivity contribution in [3.63, 3.8) is 0 Å². The molecule has 0 spiro atoms. The van der Waals surface area contributed by atoms with Crippen LogP contribution in [0.3, 0.4) is 0 Å². The van der Waals surface area contributed by atoms with E-state index in [0.717, 1.165) is 0 Å². The fourth-order valence-electron chi connectivity index (χ4n) is 0. The fourth-order valence-corrected chi connectivity index (χ4v) is 0. The predicted octanol–water partition coefficient (Wildman–Crippen LogP) is -14.4. The van der Waals surface area contributed by atoms with Gasteiger partial charge < -0.3 is 81.3 Å². The Morgan fingerprint density at radius 2 is 0.458 bits per heavy atom. The molecule has 0 atom stereocenters. The molecule has 0 aromatic heterocycles. The molecule has 10 N–H and O–H groups in total. The molecule has 0 unspecified atom stereocenters. The molecule has 0 aromatic rings. The number of carboxylic acids is 6. The summed E-state index contributed by atoms with van der Waals surface area (Å²) in [6.07, 6.45) is 0. The smallest absolute Gasteiger partial charge is 0.543 e. The van der Waals surface area contributed by atoms with Crippen molar-refractivity contribution in [1.29, 1.82) is 0 Å². The van der Waals surface area contributed by atoms with Crippen LogP contribution in [0.5, 0.6) is 0 Å². The van der Waals surface area contributed by atoms with Gasteiger partial charge in [-0.3, -0.25) is 0 Å². The number of carbonyl (C=O) groups excluding carboxylic acids is 6. The van der Waals surface area contributed by atoms with Crippen LogP contribution >= 0.6 is 0 Å². The van der Waals surface area contributed by atoms with Gasteiger partial charge in [-0.15, -0.1) is 0 Å². The van der Waals surface area contributed by atoms with Gasteiger partial charge in [-0.2, -0.15) is 0 Å². The molecule has 0 saturated carbocycles. The van der Waals surface area contributed by atoms with Crippen LogP contribution in [0.2, 0.25) is 0 Å². The van der Waals surface area contributed by atoms with E-state index in [1.807, 2.05) is 0 Å². The molecular formula is C6H10O16PbZr-. The van der Waals surface area contributed by atoms with Crippen LogP contribution in [-0.2, 0) is 65.9 Å². The molecule has 0 saturated heterocycles. The minimum Gasteiger partial charge on any atom is -0.543 e. The largest absolute Gasteiger partial charge is 3.00 e. The summed E-state index contributed by atoms with van der Waals surface area (Å²) in [5.74, 6) is -13.1. The number of carboxylic acid groups (broad SMARTS) is 6. The number of hydrogen-bond donors (Lipinski definition) is 0. The van der Waals surface area contributed by atoms with Gasteiger partial charge in [-0.05, 0) is 0 Å². The SMILES string of the molecule is O.O.O=C([O-])C(=O)[O-].O=C([O-])C(=O)[O-].O=C([O-])C(=O)[O-].[OH3+].[OH3+].[Pb].[Zr+3]. The summed E-state index contributed by atoms with van der Waals surface area (Å²) in [5, 5.41) is 53.6. The van der Waals surface area contributed by atoms with E-state index in [4.69, 9.17) is 59.4 Å². The third-order valence-electron chi connectivity index (χ3n) is 0.500. The first-order chi connectivity index (χ1) is 7.93. The zero-order valence-electron chi connectivity index (χ0n) is 11.1. The molecule has 139 valence electrons. The molecule has 0 heterocycles. The van der Waals surface area contributed by atoms with Gasteiger partial charge in [0.25, 0.3) is 0 Å². The molecule has 18 heteroatoms. The van der Waals surface area contributed by atoms with E-state index in [1.54, 1.807) is 0 Å². The van der Waals surface area contributed by atoms with E-state index in [0.29, 0.717) is 0 Å². The van der Waals surface area contributed by atoms with Gasteiger partial charge in [-0.25, -0.2) is 0 Å². The van der Waals surface area contributed by atoms with Gasteiger partial charge in [0.15, 0.2) is 0 Å². The van der Waals surface area contributed by atoms with Crippen LogP contribution in [0.1, 0.15) is 0 Å². The van der Waals surface area contributed by atoms with Gasteiger partial charge in [0.05, 0.1) is 35.8 Å². The molecule has 0 rings (SSSR count). The maximum Gasteiger partial charge on any atom is 3.00 e. The van der Waals surface area contributed by atoms with Crippen LogP contribution in [0.15, 0.2) is 0 Å². The Kier molecular flexibility index (Phi) is 78.9. The predicted molar refractivity (Wildman–Crippen MR) is 52.8 cm³/mol. The Morgan fingerprint density at radius 3 is 0.458 bits per heavy atom.